The van der Waals surface area contributed by atoms with Crippen LogP contribution in [-0.2, 0) is 80.3 Å². The average molecular weight is 1330 g/mol. The normalized spacial score (nSPS) is 21.7. The molecule has 12 atom stereocenters. The van der Waals surface area contributed by atoms with E-state index in [1.54, 1.807) is 26.0 Å². The molecule has 1 aromatic heterocycles. The van der Waals surface area contributed by atoms with Crippen LogP contribution in [0.2, 0.25) is 0 Å². The molecule has 1 fully saturated rings. The number of nitrogens with zero attached hydrogens (tertiary/aromatic N) is 4. The topological polar surface area (TPSA) is 505 Å². The number of carbonyl (C=O) groups is 8. The van der Waals surface area contributed by atoms with Crippen LogP contribution in [0.5, 0.6) is 5.75 Å². The largest absolute Gasteiger partial charge is 0.496 e. The Balaban J connectivity index is 1.61. The lowest BCUT2D eigenvalue weighted by Gasteiger charge is -2.32. The first-order valence-electron chi connectivity index (χ1n) is 30.2. The number of thioether (sulfide) groups is 1. The number of aliphatic hydroxyl groups excluding tert-OH is 5. The summed E-state index contributed by atoms with van der Waals surface area (Å²) in [5.74, 6) is -8.22. The second-order valence-electron chi connectivity index (χ2n) is 21.8. The van der Waals surface area contributed by atoms with Crippen molar-refractivity contribution in [3.05, 3.63) is 33.7 Å². The molecule has 91 heavy (non-hydrogen) atoms. The summed E-state index contributed by atoms with van der Waals surface area (Å²) in [7, 11) is -0.924. The van der Waals surface area contributed by atoms with Gasteiger partial charge in [0.1, 0.15) is 41.2 Å². The van der Waals surface area contributed by atoms with E-state index < -0.39 is 158 Å². The zero-order valence-electron chi connectivity index (χ0n) is 51.9. The van der Waals surface area contributed by atoms with Gasteiger partial charge in [0.15, 0.2) is 0 Å². The van der Waals surface area contributed by atoms with Gasteiger partial charge in [0.2, 0.25) is 47.3 Å². The molecule has 3 heterocycles. The lowest BCUT2D eigenvalue weighted by molar-refractivity contribution is -0.144. The minimum Gasteiger partial charge on any atom is -0.496 e. The van der Waals surface area contributed by atoms with Crippen LogP contribution in [0.4, 0.5) is 0 Å². The summed E-state index contributed by atoms with van der Waals surface area (Å²) < 4.78 is 42.7. The summed E-state index contributed by atoms with van der Waals surface area (Å²) in [6.45, 7) is 5.03. The minimum atomic E-state index is -2.38. The molecule has 35 heteroatoms. The van der Waals surface area contributed by atoms with Crippen LogP contribution in [0.3, 0.4) is 0 Å². The number of aliphatic hydroxyl groups is 5. The van der Waals surface area contributed by atoms with Gasteiger partial charge in [-0.3, -0.25) is 47.9 Å². The van der Waals surface area contributed by atoms with Gasteiger partial charge in [0, 0.05) is 66.6 Å². The van der Waals surface area contributed by atoms with Crippen LogP contribution in [0.15, 0.2) is 22.3 Å². The number of hydrogen-bond donors (Lipinski definition) is 15. The standard InChI is InChI=1S/C56H92N14O19S2/c1-5-32(2)48(66-46(77)25-57)53(81)61-26-47(78)64-40-31-91(84)55-37(22-34(28-71)63-54(82)49(33(3)42(74)29-72)67-52(80)41-23-35(73)27-70(41)56(83)39(24-44(58)75)65-51(40)79)36-8-9-43(85-4)38(50(36)68-55)30-90-21-7-6-11-60-45(76)10-13-86-15-17-88-19-20-89-18-16-87-14-12-62-69-59/h8-9,32-35,39-42,46,48-49,66,68,71-74,77H,5-7,10-31,57H2,1-4H3,(H2,58,75)(H,60,76)(H,61,81)(H,63,82)(H,64,78)(H,65,79)(H,67,80)/t32-,33-,34-,35+,39-,40-,41-,42-,46?,48-,49-,91?/m0/s1. The maximum atomic E-state index is 15.2. The summed E-state index contributed by atoms with van der Waals surface area (Å²) in [4.78, 5) is 117. The highest BCUT2D eigenvalue weighted by atomic mass is 32.2. The number of benzene rings is 1. The number of carbonyl (C=O) groups excluding carboxylic acids is 8. The van der Waals surface area contributed by atoms with E-state index in [1.165, 1.54) is 25.8 Å². The molecule has 4 rings (SSSR count). The highest BCUT2D eigenvalue weighted by molar-refractivity contribution is 7.98. The number of hydrogen-bond acceptors (Lipinski definition) is 23. The number of primary amides is 1. The summed E-state index contributed by atoms with van der Waals surface area (Å²) in [5.41, 5.74) is 20.7. The van der Waals surface area contributed by atoms with E-state index in [0.29, 0.717) is 106 Å². The fourth-order valence-electron chi connectivity index (χ4n) is 9.86. The predicted molar refractivity (Wildman–Crippen MR) is 332 cm³/mol. The third kappa shape index (κ3) is 25.3. The van der Waals surface area contributed by atoms with Gasteiger partial charge < -0.3 is 102 Å². The minimum absolute atomic E-state index is 0.0482. The summed E-state index contributed by atoms with van der Waals surface area (Å²) in [6.07, 6.45) is -3.81. The molecule has 0 aliphatic carbocycles. The van der Waals surface area contributed by atoms with Gasteiger partial charge in [0.25, 0.3) is 0 Å². The van der Waals surface area contributed by atoms with Crippen LogP contribution < -0.4 is 53.4 Å². The van der Waals surface area contributed by atoms with Crippen LogP contribution in [0, 0.1) is 11.8 Å². The van der Waals surface area contributed by atoms with E-state index in [-0.39, 0.29) is 55.0 Å². The van der Waals surface area contributed by atoms with E-state index >= 15 is 4.21 Å². The molecular weight excluding hydrogens is 1240 g/mol. The summed E-state index contributed by atoms with van der Waals surface area (Å²) in [6, 6.07) is -5.84. The molecule has 0 bridgehead atoms. The predicted octanol–water partition coefficient (Wildman–Crippen LogP) is -4.11. The molecule has 2 aromatic rings. The Bertz CT molecular complexity index is 2760. The fraction of sp³-hybridized carbons (Fsp3) is 0.714. The Morgan fingerprint density at radius 3 is 2.23 bits per heavy atom. The molecule has 0 saturated carbocycles. The van der Waals surface area contributed by atoms with Crippen LogP contribution >= 0.6 is 11.8 Å². The van der Waals surface area contributed by atoms with Crippen molar-refractivity contribution in [1.82, 2.24) is 47.1 Å². The molecule has 17 N–H and O–H groups in total. The van der Waals surface area contributed by atoms with Crippen molar-refractivity contribution in [2.75, 3.05) is 117 Å². The van der Waals surface area contributed by atoms with Gasteiger partial charge >= 0.3 is 0 Å². The molecule has 0 spiro atoms. The average Bonchev–Trinajstić information content (AvgIpc) is 1.75. The first-order chi connectivity index (χ1) is 43.6. The SMILES string of the molecule is CC[C@H](C)[C@H](NC(O)CN)C(=O)NCC(=O)N[C@H]1CS(=O)c2[nH]c3c(CSCCCCNC(=O)CCOCCOCCOCCOCCN=[N+]=[N-])c(OC)ccc3c2C[C@@H](CO)NC(=O)[C@H]([C@@H](C)[C@@H](O)CO)NC(=O)[C@@H]2C[C@@H](O)CN2C(=O)[C@H](CC(N)=O)NC1=O. The Morgan fingerprint density at radius 2 is 1.60 bits per heavy atom. The van der Waals surface area contributed by atoms with Crippen molar-refractivity contribution in [1.29, 1.82) is 0 Å². The number of nitrogens with one attached hydrogen (secondary N) is 8. The van der Waals surface area contributed by atoms with Gasteiger partial charge in [-0.25, -0.2) is 0 Å². The Labute approximate surface area is 534 Å². The molecule has 0 radical (unpaired) electrons. The number of rotatable bonds is 38. The maximum absolute atomic E-state index is 15.2. The van der Waals surface area contributed by atoms with E-state index in [9.17, 15) is 63.9 Å². The Hall–Kier alpha value is -6.31. The number of nitrogens with two attached hydrogens (primary N) is 2. The quantitative estimate of drug-likeness (QED) is 0.00999. The van der Waals surface area contributed by atoms with Crippen molar-refractivity contribution in [3.8, 4) is 5.75 Å². The van der Waals surface area contributed by atoms with E-state index in [4.69, 9.17) is 40.7 Å². The third-order valence-electron chi connectivity index (χ3n) is 15.1. The lowest BCUT2D eigenvalue weighted by atomic mass is 9.94. The molecule has 1 aromatic carbocycles. The van der Waals surface area contributed by atoms with E-state index in [0.717, 1.165) is 4.90 Å². The van der Waals surface area contributed by atoms with Crippen molar-refractivity contribution in [2.24, 2.45) is 28.4 Å². The van der Waals surface area contributed by atoms with Crippen molar-refractivity contribution >= 4 is 80.7 Å². The van der Waals surface area contributed by atoms with Gasteiger partial charge in [-0.05, 0) is 54.2 Å². The number of aromatic amines is 1. The van der Waals surface area contributed by atoms with Crippen LogP contribution in [0.25, 0.3) is 21.3 Å². The molecular formula is C56H92N14O19S2. The monoisotopic (exact) mass is 1330 g/mol. The van der Waals surface area contributed by atoms with Crippen molar-refractivity contribution in [2.45, 2.75) is 131 Å². The zero-order chi connectivity index (χ0) is 67.0. The highest BCUT2D eigenvalue weighted by Crippen LogP contribution is 2.36. The lowest BCUT2D eigenvalue weighted by Crippen LogP contribution is -2.61. The fourth-order valence-corrected chi connectivity index (χ4v) is 12.3. The Morgan fingerprint density at radius 1 is 0.923 bits per heavy atom. The van der Waals surface area contributed by atoms with Gasteiger partial charge in [-0.1, -0.05) is 32.3 Å². The second kappa shape index (κ2) is 41.3. The number of H-pyrrole nitrogens is 1. The number of amides is 8. The summed E-state index contributed by atoms with van der Waals surface area (Å²) in [5, 5.41) is 74.8. The number of ether oxygens (including phenoxy) is 5. The summed E-state index contributed by atoms with van der Waals surface area (Å²) >= 11 is 1.52. The Kier molecular flexibility index (Phi) is 35.0. The van der Waals surface area contributed by atoms with Crippen molar-refractivity contribution in [3.63, 3.8) is 0 Å². The number of azide groups is 1. The third-order valence-corrected chi connectivity index (χ3v) is 17.6. The maximum Gasteiger partial charge on any atom is 0.246 e. The number of fused-ring (bicyclic) bond motifs is 4. The zero-order valence-corrected chi connectivity index (χ0v) is 53.5. The van der Waals surface area contributed by atoms with E-state index in [2.05, 4.69) is 52.2 Å². The number of aromatic nitrogens is 1. The molecule has 8 amide bonds. The van der Waals surface area contributed by atoms with Gasteiger partial charge in [-0.2, -0.15) is 11.8 Å². The smallest absolute Gasteiger partial charge is 0.246 e. The molecule has 1 saturated heterocycles. The molecule has 2 aliphatic heterocycles. The van der Waals surface area contributed by atoms with Gasteiger partial charge in [-0.15, -0.1) is 0 Å². The first kappa shape index (κ1) is 77.1. The second-order valence-corrected chi connectivity index (χ2v) is 24.3. The van der Waals surface area contributed by atoms with Crippen LogP contribution in [-0.4, -0.2) is 259 Å². The number of methoxy groups -OCH3 is 1. The van der Waals surface area contributed by atoms with Crippen molar-refractivity contribution < 1.29 is 91.8 Å². The first-order valence-corrected chi connectivity index (χ1v) is 32.6. The molecule has 33 nitrogen and oxygen atoms in total. The van der Waals surface area contributed by atoms with E-state index in [1.807, 2.05) is 0 Å². The van der Waals surface area contributed by atoms with Gasteiger partial charge in [0.05, 0.1) is 133 Å². The highest BCUT2D eigenvalue weighted by Gasteiger charge is 2.45. The molecule has 2 unspecified atom stereocenters. The molecule has 2 aliphatic rings. The number of unbranched alkanes of at least 4 members (excludes halogenated alkanes) is 1. The van der Waals surface area contributed by atoms with Crippen LogP contribution in [0.1, 0.15) is 70.4 Å². The molecule has 512 valence electrons.